The van der Waals surface area contributed by atoms with Gasteiger partial charge in [-0.2, -0.15) is 0 Å². The Morgan fingerprint density at radius 1 is 1.20 bits per heavy atom. The first-order valence-electron chi connectivity index (χ1n) is 8.78. The number of aryl methyl sites for hydroxylation is 2. The van der Waals surface area contributed by atoms with Crippen molar-refractivity contribution in [2.75, 3.05) is 6.54 Å². The molecule has 2 unspecified atom stereocenters. The average Bonchev–Trinajstić information content (AvgIpc) is 2.57. The molecule has 3 rings (SSSR count). The van der Waals surface area contributed by atoms with E-state index in [1.165, 1.54) is 16.7 Å². The molecule has 0 aromatic heterocycles. The molecular weight excluding hydrogens is 378 g/mol. The molecule has 0 radical (unpaired) electrons. The van der Waals surface area contributed by atoms with E-state index in [4.69, 9.17) is 0 Å². The molecule has 0 amide bonds. The summed E-state index contributed by atoms with van der Waals surface area (Å²) in [5.74, 6) is -0.718. The Morgan fingerprint density at radius 2 is 2.00 bits per heavy atom. The number of piperidine rings is 1. The lowest BCUT2D eigenvalue weighted by molar-refractivity contribution is -0.145. The normalized spacial score (nSPS) is 19.6. The van der Waals surface area contributed by atoms with Gasteiger partial charge in [-0.25, -0.2) is 0 Å². The van der Waals surface area contributed by atoms with Gasteiger partial charge in [0.2, 0.25) is 0 Å². The molecule has 2 aromatic rings. The maximum absolute atomic E-state index is 11.9. The van der Waals surface area contributed by atoms with Crippen molar-refractivity contribution in [3.63, 3.8) is 0 Å². The van der Waals surface area contributed by atoms with Crippen LogP contribution >= 0.6 is 15.9 Å². The largest absolute Gasteiger partial charge is 0.480 e. The van der Waals surface area contributed by atoms with Gasteiger partial charge >= 0.3 is 5.97 Å². The summed E-state index contributed by atoms with van der Waals surface area (Å²) in [6, 6.07) is 14.2. The van der Waals surface area contributed by atoms with Gasteiger partial charge in [-0.1, -0.05) is 58.2 Å². The SMILES string of the molecule is Cc1ccc(C(c2cccc(Br)c2)N2CCCCC2C(=O)O)c(C)c1. The number of benzene rings is 2. The maximum atomic E-state index is 11.9. The number of likely N-dealkylation sites (tertiary alicyclic amines) is 1. The second-order valence-corrected chi connectivity index (χ2v) is 7.82. The fraction of sp³-hybridized carbons (Fsp3) is 0.381. The van der Waals surface area contributed by atoms with Gasteiger partial charge in [0.05, 0.1) is 6.04 Å². The second kappa shape index (κ2) is 7.71. The number of carboxylic acids is 1. The zero-order valence-corrected chi connectivity index (χ0v) is 16.3. The van der Waals surface area contributed by atoms with Gasteiger partial charge in [0.25, 0.3) is 0 Å². The number of hydrogen-bond acceptors (Lipinski definition) is 2. The quantitative estimate of drug-likeness (QED) is 0.774. The van der Waals surface area contributed by atoms with Crippen molar-refractivity contribution in [3.8, 4) is 0 Å². The smallest absolute Gasteiger partial charge is 0.320 e. The van der Waals surface area contributed by atoms with E-state index in [9.17, 15) is 9.90 Å². The number of carboxylic acid groups (broad SMARTS) is 1. The topological polar surface area (TPSA) is 40.5 Å². The fourth-order valence-corrected chi connectivity index (χ4v) is 4.30. The van der Waals surface area contributed by atoms with Crippen LogP contribution in [0.3, 0.4) is 0 Å². The molecule has 1 aliphatic heterocycles. The highest BCUT2D eigenvalue weighted by Crippen LogP contribution is 2.36. The van der Waals surface area contributed by atoms with Crippen molar-refractivity contribution in [2.24, 2.45) is 0 Å². The van der Waals surface area contributed by atoms with Gasteiger partial charge in [0.1, 0.15) is 6.04 Å². The van der Waals surface area contributed by atoms with Crippen molar-refractivity contribution in [3.05, 3.63) is 69.2 Å². The number of hydrogen-bond donors (Lipinski definition) is 1. The maximum Gasteiger partial charge on any atom is 0.320 e. The summed E-state index contributed by atoms with van der Waals surface area (Å²) in [7, 11) is 0. The standard InChI is InChI=1S/C21H24BrNO2/c1-14-9-10-18(15(2)12-14)20(16-6-5-7-17(22)13-16)23-11-4-3-8-19(23)21(24)25/h5-7,9-10,12-13,19-20H,3-4,8,11H2,1-2H3,(H,24,25). The molecule has 1 heterocycles. The lowest BCUT2D eigenvalue weighted by atomic mass is 9.89. The van der Waals surface area contributed by atoms with Gasteiger partial charge in [-0.15, -0.1) is 0 Å². The van der Waals surface area contributed by atoms with Crippen molar-refractivity contribution in [2.45, 2.75) is 45.2 Å². The fourth-order valence-electron chi connectivity index (χ4n) is 3.89. The lowest BCUT2D eigenvalue weighted by Gasteiger charge is -2.40. The van der Waals surface area contributed by atoms with Crippen LogP contribution in [-0.2, 0) is 4.79 Å². The third-order valence-corrected chi connectivity index (χ3v) is 5.54. The minimum Gasteiger partial charge on any atom is -0.480 e. The predicted octanol–water partition coefficient (Wildman–Crippen LogP) is 5.09. The molecule has 0 aliphatic carbocycles. The zero-order chi connectivity index (χ0) is 18.0. The van der Waals surface area contributed by atoms with Crippen molar-refractivity contribution < 1.29 is 9.90 Å². The molecule has 1 aliphatic rings. The molecule has 2 aromatic carbocycles. The molecule has 0 saturated carbocycles. The molecular formula is C21H24BrNO2. The third-order valence-electron chi connectivity index (χ3n) is 5.05. The van der Waals surface area contributed by atoms with E-state index in [0.29, 0.717) is 6.42 Å². The Morgan fingerprint density at radius 3 is 2.68 bits per heavy atom. The summed E-state index contributed by atoms with van der Waals surface area (Å²) in [6.07, 6.45) is 2.73. The van der Waals surface area contributed by atoms with Crippen LogP contribution in [0.5, 0.6) is 0 Å². The first kappa shape index (κ1) is 18.2. The molecule has 3 nitrogen and oxygen atoms in total. The molecule has 25 heavy (non-hydrogen) atoms. The number of rotatable bonds is 4. The Kier molecular flexibility index (Phi) is 5.60. The summed E-state index contributed by atoms with van der Waals surface area (Å²) in [4.78, 5) is 14.1. The van der Waals surface area contributed by atoms with Gasteiger partial charge in [0.15, 0.2) is 0 Å². The Balaban J connectivity index is 2.12. The van der Waals surface area contributed by atoms with E-state index in [1.54, 1.807) is 0 Å². The highest BCUT2D eigenvalue weighted by molar-refractivity contribution is 9.10. The zero-order valence-electron chi connectivity index (χ0n) is 14.7. The Bertz CT molecular complexity index is 774. The highest BCUT2D eigenvalue weighted by atomic mass is 79.9. The van der Waals surface area contributed by atoms with Crippen LogP contribution in [0.15, 0.2) is 46.9 Å². The van der Waals surface area contributed by atoms with Crippen LogP contribution in [-0.4, -0.2) is 28.6 Å². The molecule has 0 spiro atoms. The van der Waals surface area contributed by atoms with Crippen LogP contribution < -0.4 is 0 Å². The van der Waals surface area contributed by atoms with Crippen LogP contribution in [0.4, 0.5) is 0 Å². The number of aliphatic carboxylic acids is 1. The molecule has 0 bridgehead atoms. The molecule has 1 saturated heterocycles. The molecule has 4 heteroatoms. The number of halogens is 1. The summed E-state index contributed by atoms with van der Waals surface area (Å²) in [6.45, 7) is 5.01. The first-order chi connectivity index (χ1) is 12.0. The average molecular weight is 402 g/mol. The Labute approximate surface area is 157 Å². The molecule has 1 fully saturated rings. The van der Waals surface area contributed by atoms with Crippen molar-refractivity contribution in [1.82, 2.24) is 4.90 Å². The van der Waals surface area contributed by atoms with E-state index in [0.717, 1.165) is 29.4 Å². The van der Waals surface area contributed by atoms with E-state index in [2.05, 4.69) is 65.0 Å². The van der Waals surface area contributed by atoms with Crippen LogP contribution in [0.25, 0.3) is 0 Å². The number of carbonyl (C=O) groups is 1. The van der Waals surface area contributed by atoms with Crippen molar-refractivity contribution >= 4 is 21.9 Å². The van der Waals surface area contributed by atoms with E-state index < -0.39 is 12.0 Å². The van der Waals surface area contributed by atoms with Gasteiger partial charge in [-0.05, 0) is 62.1 Å². The second-order valence-electron chi connectivity index (χ2n) is 6.91. The summed E-state index contributed by atoms with van der Waals surface area (Å²) >= 11 is 3.57. The highest BCUT2D eigenvalue weighted by Gasteiger charge is 2.35. The predicted molar refractivity (Wildman–Crippen MR) is 104 cm³/mol. The first-order valence-corrected chi connectivity index (χ1v) is 9.58. The van der Waals surface area contributed by atoms with Gasteiger partial charge in [-0.3, -0.25) is 9.69 Å². The van der Waals surface area contributed by atoms with E-state index in [1.807, 2.05) is 12.1 Å². The van der Waals surface area contributed by atoms with E-state index in [-0.39, 0.29) is 6.04 Å². The van der Waals surface area contributed by atoms with Crippen LogP contribution in [0, 0.1) is 13.8 Å². The number of nitrogens with zero attached hydrogens (tertiary/aromatic N) is 1. The van der Waals surface area contributed by atoms with Crippen LogP contribution in [0.2, 0.25) is 0 Å². The minimum absolute atomic E-state index is 0.0421. The lowest BCUT2D eigenvalue weighted by Crippen LogP contribution is -2.47. The minimum atomic E-state index is -0.718. The van der Waals surface area contributed by atoms with Crippen LogP contribution in [0.1, 0.15) is 47.6 Å². The molecule has 2 atom stereocenters. The summed E-state index contributed by atoms with van der Waals surface area (Å²) < 4.78 is 1.02. The summed E-state index contributed by atoms with van der Waals surface area (Å²) in [5.41, 5.74) is 4.76. The molecule has 132 valence electrons. The van der Waals surface area contributed by atoms with E-state index >= 15 is 0 Å². The Hall–Kier alpha value is -1.65. The van der Waals surface area contributed by atoms with Gasteiger partial charge < -0.3 is 5.11 Å². The third kappa shape index (κ3) is 3.96. The van der Waals surface area contributed by atoms with Crippen molar-refractivity contribution in [1.29, 1.82) is 0 Å². The summed E-state index contributed by atoms with van der Waals surface area (Å²) in [5, 5.41) is 9.77. The monoisotopic (exact) mass is 401 g/mol. The van der Waals surface area contributed by atoms with Gasteiger partial charge in [0, 0.05) is 4.47 Å². The molecule has 1 N–H and O–H groups in total.